The number of halogens is 1. The van der Waals surface area contributed by atoms with Crippen molar-refractivity contribution >= 4 is 23.3 Å². The minimum absolute atomic E-state index is 0.0143. The summed E-state index contributed by atoms with van der Waals surface area (Å²) in [5.74, 6) is 0.554. The van der Waals surface area contributed by atoms with Crippen LogP contribution >= 0.6 is 0 Å². The Bertz CT molecular complexity index is 934. The Labute approximate surface area is 194 Å². The first-order valence-corrected chi connectivity index (χ1v) is 11.7. The Balaban J connectivity index is 1.15. The Morgan fingerprint density at radius 1 is 1.00 bits per heavy atom. The molecule has 2 aliphatic rings. The summed E-state index contributed by atoms with van der Waals surface area (Å²) in [4.78, 5) is 35.8. The molecule has 0 saturated carbocycles. The fraction of sp³-hybridized carbons (Fsp3) is 0.480. The van der Waals surface area contributed by atoms with Crippen molar-refractivity contribution in [2.24, 2.45) is 5.92 Å². The maximum atomic E-state index is 13.1. The first-order valence-electron chi connectivity index (χ1n) is 11.7. The number of piperidine rings is 1. The first kappa shape index (κ1) is 23.2. The van der Waals surface area contributed by atoms with E-state index in [-0.39, 0.29) is 23.5 Å². The van der Waals surface area contributed by atoms with Gasteiger partial charge in [0.2, 0.25) is 11.8 Å². The van der Waals surface area contributed by atoms with Crippen LogP contribution in [0.15, 0.2) is 42.6 Å². The number of pyridine rings is 1. The highest BCUT2D eigenvalue weighted by atomic mass is 19.1. The van der Waals surface area contributed by atoms with Crippen LogP contribution in [-0.4, -0.2) is 72.4 Å². The molecule has 2 amide bonds. The summed E-state index contributed by atoms with van der Waals surface area (Å²) in [6, 6.07) is 10.3. The van der Waals surface area contributed by atoms with Crippen molar-refractivity contribution in [3.63, 3.8) is 0 Å². The van der Waals surface area contributed by atoms with Gasteiger partial charge in [0.1, 0.15) is 11.6 Å². The van der Waals surface area contributed by atoms with Gasteiger partial charge in [-0.3, -0.25) is 9.59 Å². The molecular formula is C25H32FN5O2. The molecule has 1 N–H and O–H groups in total. The molecule has 2 aromatic rings. The van der Waals surface area contributed by atoms with Gasteiger partial charge in [-0.25, -0.2) is 9.37 Å². The summed E-state index contributed by atoms with van der Waals surface area (Å²) >= 11 is 0. The molecule has 1 aromatic heterocycles. The van der Waals surface area contributed by atoms with Crippen LogP contribution in [0, 0.1) is 18.7 Å². The van der Waals surface area contributed by atoms with Crippen molar-refractivity contribution in [3.8, 4) is 0 Å². The lowest BCUT2D eigenvalue weighted by molar-refractivity contribution is -0.132. The molecule has 0 unspecified atom stereocenters. The molecule has 176 valence electrons. The smallest absolute Gasteiger partial charge is 0.228 e. The van der Waals surface area contributed by atoms with Crippen molar-refractivity contribution in [2.45, 2.75) is 26.2 Å². The van der Waals surface area contributed by atoms with E-state index in [2.05, 4.69) is 20.1 Å². The molecule has 7 nitrogen and oxygen atoms in total. The number of aromatic nitrogens is 1. The summed E-state index contributed by atoms with van der Waals surface area (Å²) < 4.78 is 13.1. The third-order valence-corrected chi connectivity index (χ3v) is 6.59. The van der Waals surface area contributed by atoms with Crippen LogP contribution < -0.4 is 10.2 Å². The summed E-state index contributed by atoms with van der Waals surface area (Å²) in [6.07, 6.45) is 3.84. The van der Waals surface area contributed by atoms with Crippen molar-refractivity contribution in [1.29, 1.82) is 0 Å². The van der Waals surface area contributed by atoms with Gasteiger partial charge >= 0.3 is 0 Å². The zero-order valence-electron chi connectivity index (χ0n) is 19.2. The lowest BCUT2D eigenvalue weighted by Crippen LogP contribution is -2.49. The van der Waals surface area contributed by atoms with Gasteiger partial charge in [-0.05, 0) is 68.8 Å². The molecule has 0 atom stereocenters. The minimum Gasteiger partial charge on any atom is -0.368 e. The molecule has 8 heteroatoms. The number of rotatable bonds is 6. The highest BCUT2D eigenvalue weighted by Gasteiger charge is 2.26. The zero-order chi connectivity index (χ0) is 23.2. The maximum absolute atomic E-state index is 13.1. The van der Waals surface area contributed by atoms with Crippen molar-refractivity contribution in [1.82, 2.24) is 14.8 Å². The Kier molecular flexibility index (Phi) is 7.54. The number of aryl methyl sites for hydroxylation is 1. The van der Waals surface area contributed by atoms with Crippen LogP contribution in [0.1, 0.15) is 24.8 Å². The predicted molar refractivity (Wildman–Crippen MR) is 127 cm³/mol. The number of benzene rings is 1. The molecule has 2 fully saturated rings. The van der Waals surface area contributed by atoms with Gasteiger partial charge in [0, 0.05) is 56.9 Å². The molecular weight excluding hydrogens is 421 g/mol. The number of carbonyl (C=O) groups is 2. The van der Waals surface area contributed by atoms with Crippen molar-refractivity contribution in [2.75, 3.05) is 56.0 Å². The van der Waals surface area contributed by atoms with E-state index >= 15 is 0 Å². The van der Waals surface area contributed by atoms with Crippen LogP contribution in [0.3, 0.4) is 0 Å². The average Bonchev–Trinajstić information content (AvgIpc) is 2.85. The number of carbonyl (C=O) groups excluding carboxylic acids is 2. The summed E-state index contributed by atoms with van der Waals surface area (Å²) in [5, 5.41) is 2.91. The van der Waals surface area contributed by atoms with Crippen molar-refractivity contribution in [3.05, 3.63) is 54.0 Å². The molecule has 3 heterocycles. The molecule has 0 radical (unpaired) electrons. The summed E-state index contributed by atoms with van der Waals surface area (Å²) in [7, 11) is 0. The van der Waals surface area contributed by atoms with E-state index < -0.39 is 0 Å². The number of nitrogens with one attached hydrogen (secondary N) is 1. The van der Waals surface area contributed by atoms with Gasteiger partial charge in [-0.2, -0.15) is 0 Å². The molecule has 1 aromatic carbocycles. The second-order valence-corrected chi connectivity index (χ2v) is 8.92. The standard InChI is InChI=1S/C25H32FN5O2/c1-19-2-7-23(27-18-19)28-25(33)20-8-11-29(12-9-20)13-10-24(32)31-16-14-30(15-17-31)22-5-3-21(26)4-6-22/h2-7,18,20H,8-17H2,1H3,(H,27,28,33). The molecule has 0 bridgehead atoms. The molecule has 33 heavy (non-hydrogen) atoms. The van der Waals surface area contributed by atoms with E-state index in [1.165, 1.54) is 12.1 Å². The fourth-order valence-corrected chi connectivity index (χ4v) is 4.47. The number of hydrogen-bond donors (Lipinski definition) is 1. The van der Waals surface area contributed by atoms with E-state index in [9.17, 15) is 14.0 Å². The number of hydrogen-bond acceptors (Lipinski definition) is 5. The predicted octanol–water partition coefficient (Wildman–Crippen LogP) is 2.92. The normalized spacial score (nSPS) is 17.8. The second kappa shape index (κ2) is 10.7. The second-order valence-electron chi connectivity index (χ2n) is 8.92. The van der Waals surface area contributed by atoms with Crippen LogP contribution in [-0.2, 0) is 9.59 Å². The Hall–Kier alpha value is -3.00. The molecule has 0 aliphatic carbocycles. The minimum atomic E-state index is -0.236. The van der Waals surface area contributed by atoms with Gasteiger partial charge < -0.3 is 20.0 Å². The van der Waals surface area contributed by atoms with Crippen LogP contribution in [0.25, 0.3) is 0 Å². The summed E-state index contributed by atoms with van der Waals surface area (Å²) in [6.45, 7) is 7.23. The fourth-order valence-electron chi connectivity index (χ4n) is 4.47. The third kappa shape index (κ3) is 6.28. The average molecular weight is 454 g/mol. The van der Waals surface area contributed by atoms with Crippen molar-refractivity contribution < 1.29 is 14.0 Å². The Morgan fingerprint density at radius 2 is 1.70 bits per heavy atom. The number of amides is 2. The highest BCUT2D eigenvalue weighted by Crippen LogP contribution is 2.20. The molecule has 2 saturated heterocycles. The Morgan fingerprint density at radius 3 is 2.33 bits per heavy atom. The van der Waals surface area contributed by atoms with Crippen LogP contribution in [0.5, 0.6) is 0 Å². The number of piperazine rings is 1. The number of anilines is 2. The number of nitrogens with zero attached hydrogens (tertiary/aromatic N) is 4. The largest absolute Gasteiger partial charge is 0.368 e. The topological polar surface area (TPSA) is 68.8 Å². The van der Waals surface area contributed by atoms with E-state index in [1.807, 2.05) is 24.0 Å². The molecule has 4 rings (SSSR count). The van der Waals surface area contributed by atoms with E-state index in [0.717, 1.165) is 56.8 Å². The SMILES string of the molecule is Cc1ccc(NC(=O)C2CCN(CCC(=O)N3CCN(c4ccc(F)cc4)CC3)CC2)nc1. The van der Waals surface area contributed by atoms with E-state index in [1.54, 1.807) is 18.3 Å². The monoisotopic (exact) mass is 453 g/mol. The van der Waals surface area contributed by atoms with E-state index in [4.69, 9.17) is 0 Å². The van der Waals surface area contributed by atoms with Gasteiger partial charge in [-0.1, -0.05) is 6.07 Å². The van der Waals surface area contributed by atoms with Gasteiger partial charge in [0.05, 0.1) is 0 Å². The quantitative estimate of drug-likeness (QED) is 0.729. The van der Waals surface area contributed by atoms with Gasteiger partial charge in [-0.15, -0.1) is 0 Å². The van der Waals surface area contributed by atoms with Crippen LogP contribution in [0.2, 0.25) is 0 Å². The highest BCUT2D eigenvalue weighted by molar-refractivity contribution is 5.91. The lowest BCUT2D eigenvalue weighted by Gasteiger charge is -2.37. The molecule has 0 spiro atoms. The molecule has 2 aliphatic heterocycles. The summed E-state index contributed by atoms with van der Waals surface area (Å²) in [5.41, 5.74) is 2.05. The zero-order valence-corrected chi connectivity index (χ0v) is 19.2. The van der Waals surface area contributed by atoms with Crippen LogP contribution in [0.4, 0.5) is 15.9 Å². The third-order valence-electron chi connectivity index (χ3n) is 6.59. The van der Waals surface area contributed by atoms with Gasteiger partial charge in [0.15, 0.2) is 0 Å². The van der Waals surface area contributed by atoms with Gasteiger partial charge in [0.25, 0.3) is 0 Å². The first-order chi connectivity index (χ1) is 16.0. The van der Waals surface area contributed by atoms with E-state index in [0.29, 0.717) is 25.3 Å². The maximum Gasteiger partial charge on any atom is 0.228 e. The lowest BCUT2D eigenvalue weighted by atomic mass is 9.96. The number of likely N-dealkylation sites (tertiary alicyclic amines) is 1.